The first kappa shape index (κ1) is 21.7. The van der Waals surface area contributed by atoms with Crippen molar-refractivity contribution in [1.82, 2.24) is 4.98 Å². The number of pyridine rings is 1. The summed E-state index contributed by atoms with van der Waals surface area (Å²) in [4.78, 5) is 34.6. The first-order chi connectivity index (χ1) is 16.4. The number of hydrogen-bond donors (Lipinski definition) is 1. The minimum absolute atomic E-state index is 0.0175. The highest BCUT2D eigenvalue weighted by Crippen LogP contribution is 2.43. The van der Waals surface area contributed by atoms with Gasteiger partial charge in [-0.3, -0.25) is 19.5 Å². The number of anilines is 2. The number of aliphatic hydroxyl groups excluding tert-OH is 1. The summed E-state index contributed by atoms with van der Waals surface area (Å²) in [6.45, 7) is 5.16. The Hall–Kier alpha value is -4.13. The Kier molecular flexibility index (Phi) is 5.32. The van der Waals surface area contributed by atoms with Crippen molar-refractivity contribution in [3.63, 3.8) is 0 Å². The van der Waals surface area contributed by atoms with Gasteiger partial charge in [-0.2, -0.15) is 0 Å². The molecule has 1 unspecified atom stereocenters. The van der Waals surface area contributed by atoms with Gasteiger partial charge in [-0.15, -0.1) is 0 Å². The van der Waals surface area contributed by atoms with Gasteiger partial charge in [-0.25, -0.2) is 0 Å². The van der Waals surface area contributed by atoms with Crippen LogP contribution in [0.2, 0.25) is 0 Å². The van der Waals surface area contributed by atoms with Crippen molar-refractivity contribution in [3.8, 4) is 5.75 Å². The fourth-order valence-corrected chi connectivity index (χ4v) is 4.55. The van der Waals surface area contributed by atoms with Crippen LogP contribution in [0.5, 0.6) is 5.75 Å². The van der Waals surface area contributed by atoms with Gasteiger partial charge in [0.15, 0.2) is 0 Å². The van der Waals surface area contributed by atoms with Crippen molar-refractivity contribution in [2.24, 2.45) is 0 Å². The van der Waals surface area contributed by atoms with Crippen LogP contribution in [0.1, 0.15) is 28.4 Å². The summed E-state index contributed by atoms with van der Waals surface area (Å²) in [5, 5.41) is 11.4. The van der Waals surface area contributed by atoms with Crippen molar-refractivity contribution >= 4 is 28.8 Å². The molecule has 0 saturated carbocycles. The molecule has 1 amide bonds. The number of benzene rings is 2. The molecule has 0 radical (unpaired) electrons. The number of carbonyl (C=O) groups is 2. The fraction of sp³-hybridized carbons (Fsp3) is 0.222. The molecular formula is C27H25N3O4. The number of amides is 1. The normalized spacial score (nSPS) is 19.2. The van der Waals surface area contributed by atoms with Gasteiger partial charge in [-0.05, 0) is 61.4 Å². The molecule has 34 heavy (non-hydrogen) atoms. The molecule has 172 valence electrons. The Morgan fingerprint density at radius 1 is 1.06 bits per heavy atom. The highest BCUT2D eigenvalue weighted by molar-refractivity contribution is 6.51. The number of fused-ring (bicyclic) bond motifs is 1. The molecule has 2 aliphatic rings. The van der Waals surface area contributed by atoms with Crippen molar-refractivity contribution in [2.45, 2.75) is 19.9 Å². The maximum Gasteiger partial charge on any atom is 0.300 e. The van der Waals surface area contributed by atoms with Crippen LogP contribution in [0, 0.1) is 13.8 Å². The standard InChI is InChI=1S/C27H25N3O4/c1-16-7-6-9-20(17(16)2)30-24(19-8-4-5-12-28-19)23(26(32)27(30)33)25(31)18-10-11-22-21(15-18)29(3)13-14-34-22/h4-12,15,24,31H,13-14H2,1-3H3/b25-23-. The second-order valence-electron chi connectivity index (χ2n) is 8.60. The zero-order chi connectivity index (χ0) is 24.0. The maximum absolute atomic E-state index is 13.4. The van der Waals surface area contributed by atoms with Crippen LogP contribution in [0.3, 0.4) is 0 Å². The second-order valence-corrected chi connectivity index (χ2v) is 8.60. The SMILES string of the molecule is Cc1cccc(N2C(=O)C(=O)/C(=C(\O)c3ccc4c(c3)N(C)CCO4)C2c2ccccn2)c1C. The van der Waals surface area contributed by atoms with Crippen molar-refractivity contribution in [2.75, 3.05) is 30.0 Å². The average Bonchev–Trinajstić information content (AvgIpc) is 3.11. The first-order valence-electron chi connectivity index (χ1n) is 11.1. The van der Waals surface area contributed by atoms with E-state index in [1.54, 1.807) is 42.6 Å². The first-order valence-corrected chi connectivity index (χ1v) is 11.1. The molecule has 3 aromatic rings. The number of ketones is 1. The molecule has 2 aromatic carbocycles. The number of aromatic nitrogens is 1. The number of carbonyl (C=O) groups excluding carboxylic acids is 2. The molecule has 0 spiro atoms. The summed E-state index contributed by atoms with van der Waals surface area (Å²) >= 11 is 0. The summed E-state index contributed by atoms with van der Waals surface area (Å²) in [7, 11) is 1.94. The largest absolute Gasteiger partial charge is 0.507 e. The Balaban J connectivity index is 1.72. The van der Waals surface area contributed by atoms with E-state index in [4.69, 9.17) is 4.74 Å². The maximum atomic E-state index is 13.4. The zero-order valence-electron chi connectivity index (χ0n) is 19.3. The van der Waals surface area contributed by atoms with Crippen molar-refractivity contribution in [1.29, 1.82) is 0 Å². The number of rotatable bonds is 3. The van der Waals surface area contributed by atoms with Crippen molar-refractivity contribution in [3.05, 3.63) is 88.8 Å². The highest BCUT2D eigenvalue weighted by Gasteiger charge is 2.48. The molecule has 7 heteroatoms. The van der Waals surface area contributed by atoms with Crippen LogP contribution >= 0.6 is 0 Å². The molecule has 5 rings (SSSR count). The summed E-state index contributed by atoms with van der Waals surface area (Å²) < 4.78 is 5.70. The Morgan fingerprint density at radius 2 is 1.88 bits per heavy atom. The van der Waals surface area contributed by atoms with E-state index in [0.717, 1.165) is 16.8 Å². The van der Waals surface area contributed by atoms with Crippen LogP contribution in [0.4, 0.5) is 11.4 Å². The third-order valence-corrected chi connectivity index (χ3v) is 6.58. The number of nitrogens with zero attached hydrogens (tertiary/aromatic N) is 3. The van der Waals surface area contributed by atoms with Crippen LogP contribution < -0.4 is 14.5 Å². The monoisotopic (exact) mass is 455 g/mol. The van der Waals surface area contributed by atoms with E-state index in [-0.39, 0.29) is 11.3 Å². The topological polar surface area (TPSA) is 83.0 Å². The van der Waals surface area contributed by atoms with E-state index in [1.165, 1.54) is 4.90 Å². The molecule has 0 bridgehead atoms. The summed E-state index contributed by atoms with van der Waals surface area (Å²) in [5.41, 5.74) is 4.28. The van der Waals surface area contributed by atoms with Gasteiger partial charge in [-0.1, -0.05) is 18.2 Å². The van der Waals surface area contributed by atoms with E-state index in [0.29, 0.717) is 35.8 Å². The lowest BCUT2D eigenvalue weighted by Gasteiger charge is -2.28. The van der Waals surface area contributed by atoms with Gasteiger partial charge in [0.1, 0.15) is 24.2 Å². The van der Waals surface area contributed by atoms with Crippen LogP contribution in [-0.4, -0.2) is 42.0 Å². The molecular weight excluding hydrogens is 430 g/mol. The predicted molar refractivity (Wildman–Crippen MR) is 130 cm³/mol. The van der Waals surface area contributed by atoms with Gasteiger partial charge < -0.3 is 14.7 Å². The lowest BCUT2D eigenvalue weighted by molar-refractivity contribution is -0.132. The Morgan fingerprint density at radius 3 is 2.65 bits per heavy atom. The molecule has 2 aliphatic heterocycles. The fourth-order valence-electron chi connectivity index (χ4n) is 4.55. The number of hydrogen-bond acceptors (Lipinski definition) is 6. The molecule has 3 heterocycles. The van der Waals surface area contributed by atoms with Crippen LogP contribution in [0.25, 0.3) is 5.76 Å². The van der Waals surface area contributed by atoms with E-state index in [2.05, 4.69) is 4.98 Å². The van der Waals surface area contributed by atoms with E-state index < -0.39 is 17.7 Å². The van der Waals surface area contributed by atoms with Gasteiger partial charge >= 0.3 is 0 Å². The number of likely N-dealkylation sites (N-methyl/N-ethyl adjacent to an activating group) is 1. The lowest BCUT2D eigenvalue weighted by atomic mass is 9.97. The molecule has 7 nitrogen and oxygen atoms in total. The quantitative estimate of drug-likeness (QED) is 0.363. The van der Waals surface area contributed by atoms with E-state index in [9.17, 15) is 14.7 Å². The third kappa shape index (κ3) is 3.41. The Labute approximate surface area is 197 Å². The van der Waals surface area contributed by atoms with Crippen LogP contribution in [-0.2, 0) is 9.59 Å². The number of aryl methyl sites for hydroxylation is 1. The number of Topliss-reactive ketones (excluding diaryl/α,β-unsaturated/α-hetero) is 1. The third-order valence-electron chi connectivity index (χ3n) is 6.58. The molecule has 1 aromatic heterocycles. The minimum Gasteiger partial charge on any atom is -0.507 e. The molecule has 1 saturated heterocycles. The molecule has 1 fully saturated rings. The number of aliphatic hydroxyl groups is 1. The molecule has 1 N–H and O–H groups in total. The predicted octanol–water partition coefficient (Wildman–Crippen LogP) is 4.15. The smallest absolute Gasteiger partial charge is 0.300 e. The number of ether oxygens (including phenoxy) is 1. The van der Waals surface area contributed by atoms with Gasteiger partial charge in [0.2, 0.25) is 0 Å². The van der Waals surface area contributed by atoms with E-state index >= 15 is 0 Å². The summed E-state index contributed by atoms with van der Waals surface area (Å²) in [6, 6.07) is 15.4. The Bertz CT molecular complexity index is 1330. The van der Waals surface area contributed by atoms with Gasteiger partial charge in [0, 0.05) is 24.5 Å². The highest BCUT2D eigenvalue weighted by atomic mass is 16.5. The average molecular weight is 456 g/mol. The van der Waals surface area contributed by atoms with Gasteiger partial charge in [0.25, 0.3) is 11.7 Å². The van der Waals surface area contributed by atoms with Crippen molar-refractivity contribution < 1.29 is 19.4 Å². The summed E-state index contributed by atoms with van der Waals surface area (Å²) in [6.07, 6.45) is 1.61. The molecule has 1 atom stereocenters. The lowest BCUT2D eigenvalue weighted by Crippen LogP contribution is -2.30. The van der Waals surface area contributed by atoms with Crippen LogP contribution in [0.15, 0.2) is 66.4 Å². The minimum atomic E-state index is -0.855. The zero-order valence-corrected chi connectivity index (χ0v) is 19.3. The summed E-state index contributed by atoms with van der Waals surface area (Å²) in [5.74, 6) is -0.952. The second kappa shape index (κ2) is 8.33. The van der Waals surface area contributed by atoms with Gasteiger partial charge in [0.05, 0.1) is 23.5 Å². The molecule has 0 aliphatic carbocycles. The van der Waals surface area contributed by atoms with E-state index in [1.807, 2.05) is 44.0 Å².